The summed E-state index contributed by atoms with van der Waals surface area (Å²) < 4.78 is 25.8. The van der Waals surface area contributed by atoms with Gasteiger partial charge in [0.25, 0.3) is 0 Å². The standard InChI is InChI=1S/C17H22O3S/c1-12(2)16-15(11-7-8-13(3)17(16)18)21(19,20)14-9-5-4-6-10-14/h4-13,16-18H,1-3H3/t13-,16-,17+/m1/s1. The molecule has 21 heavy (non-hydrogen) atoms. The predicted octanol–water partition coefficient (Wildman–Crippen LogP) is 3.18. The van der Waals surface area contributed by atoms with Gasteiger partial charge in [0, 0.05) is 11.8 Å². The fourth-order valence-corrected chi connectivity index (χ4v) is 4.59. The number of aliphatic hydroxyl groups is 1. The maximum Gasteiger partial charge on any atom is 0.203 e. The van der Waals surface area contributed by atoms with Crippen molar-refractivity contribution in [2.24, 2.45) is 17.8 Å². The normalized spacial score (nSPS) is 26.5. The maximum atomic E-state index is 12.9. The van der Waals surface area contributed by atoms with Gasteiger partial charge in [-0.05, 0) is 24.1 Å². The molecule has 1 N–H and O–H groups in total. The van der Waals surface area contributed by atoms with E-state index in [1.807, 2.05) is 26.8 Å². The van der Waals surface area contributed by atoms with Gasteiger partial charge in [0.05, 0.1) is 15.9 Å². The summed E-state index contributed by atoms with van der Waals surface area (Å²) in [6, 6.07) is 8.40. The molecule has 114 valence electrons. The number of allylic oxidation sites excluding steroid dienone is 2. The molecule has 0 fully saturated rings. The van der Waals surface area contributed by atoms with Gasteiger partial charge < -0.3 is 5.11 Å². The van der Waals surface area contributed by atoms with Crippen molar-refractivity contribution in [2.75, 3.05) is 0 Å². The zero-order chi connectivity index (χ0) is 15.6. The van der Waals surface area contributed by atoms with Gasteiger partial charge in [-0.3, -0.25) is 0 Å². The van der Waals surface area contributed by atoms with Crippen molar-refractivity contribution < 1.29 is 13.5 Å². The first-order valence-electron chi connectivity index (χ1n) is 7.22. The Morgan fingerprint density at radius 2 is 1.76 bits per heavy atom. The molecule has 1 aliphatic rings. The van der Waals surface area contributed by atoms with E-state index in [1.165, 1.54) is 0 Å². The molecule has 1 aromatic carbocycles. The monoisotopic (exact) mass is 306 g/mol. The molecule has 2 rings (SSSR count). The van der Waals surface area contributed by atoms with Crippen LogP contribution in [0.1, 0.15) is 20.8 Å². The van der Waals surface area contributed by atoms with Crippen LogP contribution in [-0.4, -0.2) is 19.6 Å². The maximum absolute atomic E-state index is 12.9. The van der Waals surface area contributed by atoms with E-state index in [4.69, 9.17) is 0 Å². The fourth-order valence-electron chi connectivity index (χ4n) is 2.77. The average Bonchev–Trinajstić information content (AvgIpc) is 2.60. The molecule has 0 saturated carbocycles. The Kier molecular flexibility index (Phi) is 4.69. The topological polar surface area (TPSA) is 54.4 Å². The lowest BCUT2D eigenvalue weighted by Gasteiger charge is -2.30. The van der Waals surface area contributed by atoms with Gasteiger partial charge in [-0.25, -0.2) is 8.42 Å². The average molecular weight is 306 g/mol. The van der Waals surface area contributed by atoms with E-state index in [9.17, 15) is 13.5 Å². The van der Waals surface area contributed by atoms with Gasteiger partial charge in [-0.15, -0.1) is 0 Å². The van der Waals surface area contributed by atoms with E-state index < -0.39 is 21.9 Å². The lowest BCUT2D eigenvalue weighted by Crippen LogP contribution is -2.33. The van der Waals surface area contributed by atoms with E-state index >= 15 is 0 Å². The van der Waals surface area contributed by atoms with Gasteiger partial charge >= 0.3 is 0 Å². The van der Waals surface area contributed by atoms with Gasteiger partial charge in [-0.2, -0.15) is 0 Å². The second-order valence-electron chi connectivity index (χ2n) is 5.89. The third-order valence-electron chi connectivity index (χ3n) is 3.99. The quantitative estimate of drug-likeness (QED) is 0.933. The van der Waals surface area contributed by atoms with Gasteiger partial charge in [0.2, 0.25) is 9.84 Å². The summed E-state index contributed by atoms with van der Waals surface area (Å²) in [5.41, 5.74) is 0. The lowest BCUT2D eigenvalue weighted by atomic mass is 9.85. The zero-order valence-electron chi connectivity index (χ0n) is 12.6. The molecule has 3 atom stereocenters. The number of hydrogen-bond donors (Lipinski definition) is 1. The third kappa shape index (κ3) is 3.11. The van der Waals surface area contributed by atoms with E-state index in [0.29, 0.717) is 4.91 Å². The van der Waals surface area contributed by atoms with Crippen LogP contribution in [0.4, 0.5) is 0 Å². The molecule has 4 heteroatoms. The minimum atomic E-state index is -3.59. The minimum absolute atomic E-state index is 0.0343. The summed E-state index contributed by atoms with van der Waals surface area (Å²) >= 11 is 0. The summed E-state index contributed by atoms with van der Waals surface area (Å²) in [7, 11) is -3.59. The summed E-state index contributed by atoms with van der Waals surface area (Å²) in [5, 5.41) is 10.5. The third-order valence-corrected chi connectivity index (χ3v) is 5.91. The van der Waals surface area contributed by atoms with Gasteiger partial charge in [-0.1, -0.05) is 51.1 Å². The molecular weight excluding hydrogens is 284 g/mol. The van der Waals surface area contributed by atoms with E-state index in [2.05, 4.69) is 0 Å². The highest BCUT2D eigenvalue weighted by Gasteiger charge is 2.37. The first kappa shape index (κ1) is 16.0. The molecule has 0 aromatic heterocycles. The van der Waals surface area contributed by atoms with Crippen molar-refractivity contribution in [3.05, 3.63) is 53.5 Å². The highest BCUT2D eigenvalue weighted by atomic mass is 32.2. The summed E-state index contributed by atoms with van der Waals surface area (Å²) in [5.74, 6) is -0.440. The number of benzene rings is 1. The van der Waals surface area contributed by atoms with Crippen LogP contribution < -0.4 is 0 Å². The predicted molar refractivity (Wildman–Crippen MR) is 84.3 cm³/mol. The van der Waals surface area contributed by atoms with Crippen molar-refractivity contribution >= 4 is 9.84 Å². The smallest absolute Gasteiger partial charge is 0.203 e. The Balaban J connectivity index is 2.54. The molecule has 0 heterocycles. The van der Waals surface area contributed by atoms with E-state index in [1.54, 1.807) is 42.5 Å². The number of rotatable bonds is 3. The highest BCUT2D eigenvalue weighted by molar-refractivity contribution is 7.95. The summed E-state index contributed by atoms with van der Waals surface area (Å²) in [6.07, 6.45) is 4.54. The molecule has 0 aliphatic heterocycles. The highest BCUT2D eigenvalue weighted by Crippen LogP contribution is 2.36. The molecule has 0 radical (unpaired) electrons. The van der Waals surface area contributed by atoms with Crippen LogP contribution in [-0.2, 0) is 9.84 Å². The molecule has 0 unspecified atom stereocenters. The first-order valence-corrected chi connectivity index (χ1v) is 8.70. The summed E-state index contributed by atoms with van der Waals surface area (Å²) in [6.45, 7) is 5.79. The zero-order valence-corrected chi connectivity index (χ0v) is 13.4. The molecule has 3 nitrogen and oxygen atoms in total. The van der Waals surface area contributed by atoms with Crippen LogP contribution in [0.25, 0.3) is 0 Å². The Bertz CT molecular complexity index is 642. The second kappa shape index (κ2) is 6.16. The van der Waals surface area contributed by atoms with Crippen LogP contribution in [0.15, 0.2) is 58.4 Å². The largest absolute Gasteiger partial charge is 0.392 e. The molecule has 1 aliphatic carbocycles. The van der Waals surface area contributed by atoms with Crippen molar-refractivity contribution in [3.8, 4) is 0 Å². The van der Waals surface area contributed by atoms with Crippen LogP contribution in [0, 0.1) is 17.8 Å². The van der Waals surface area contributed by atoms with E-state index in [-0.39, 0.29) is 16.7 Å². The van der Waals surface area contributed by atoms with Crippen LogP contribution in [0.5, 0.6) is 0 Å². The number of hydrogen-bond acceptors (Lipinski definition) is 3. The van der Waals surface area contributed by atoms with Crippen molar-refractivity contribution in [1.82, 2.24) is 0 Å². The lowest BCUT2D eigenvalue weighted by molar-refractivity contribution is 0.0741. The molecule has 0 amide bonds. The Morgan fingerprint density at radius 1 is 1.14 bits per heavy atom. The molecule has 0 bridgehead atoms. The molecule has 0 spiro atoms. The minimum Gasteiger partial charge on any atom is -0.392 e. The van der Waals surface area contributed by atoms with Crippen LogP contribution in [0.2, 0.25) is 0 Å². The van der Waals surface area contributed by atoms with E-state index in [0.717, 1.165) is 0 Å². The van der Waals surface area contributed by atoms with Crippen LogP contribution in [0.3, 0.4) is 0 Å². The van der Waals surface area contributed by atoms with Crippen molar-refractivity contribution in [2.45, 2.75) is 31.8 Å². The van der Waals surface area contributed by atoms with Gasteiger partial charge in [0.15, 0.2) is 0 Å². The SMILES string of the molecule is CC(C)[C@@H]1C(S(=O)(=O)c2ccccc2)=CC=C[C@@H](C)[C@@H]1O. The molecule has 1 aromatic rings. The summed E-state index contributed by atoms with van der Waals surface area (Å²) in [4.78, 5) is 0.578. The Labute approximate surface area is 126 Å². The molecular formula is C17H22O3S. The fraction of sp³-hybridized carbons (Fsp3) is 0.412. The van der Waals surface area contributed by atoms with Gasteiger partial charge in [0.1, 0.15) is 0 Å². The number of aliphatic hydroxyl groups excluding tert-OH is 1. The second-order valence-corrected chi connectivity index (χ2v) is 7.84. The molecule has 0 saturated heterocycles. The van der Waals surface area contributed by atoms with Crippen molar-refractivity contribution in [3.63, 3.8) is 0 Å². The van der Waals surface area contributed by atoms with Crippen molar-refractivity contribution in [1.29, 1.82) is 0 Å². The Hall–Kier alpha value is -1.39. The Morgan fingerprint density at radius 3 is 2.33 bits per heavy atom. The first-order chi connectivity index (χ1) is 9.85. The number of sulfone groups is 1. The van der Waals surface area contributed by atoms with Crippen LogP contribution >= 0.6 is 0 Å².